The van der Waals surface area contributed by atoms with Crippen molar-refractivity contribution in [3.05, 3.63) is 111 Å². The highest BCUT2D eigenvalue weighted by Crippen LogP contribution is 2.30. The Hall–Kier alpha value is -5.12. The van der Waals surface area contributed by atoms with Crippen LogP contribution in [0.25, 0.3) is 39.4 Å². The average Bonchev–Trinajstić information content (AvgIpc) is 3.58. The number of aromatic nitrogens is 8. The molecular weight excluding hydrogens is 468 g/mol. The van der Waals surface area contributed by atoms with Gasteiger partial charge < -0.3 is 4.57 Å². The highest BCUT2D eigenvalue weighted by Gasteiger charge is 2.20. The van der Waals surface area contributed by atoms with E-state index in [-0.39, 0.29) is 0 Å². The van der Waals surface area contributed by atoms with Crippen LogP contribution in [0.3, 0.4) is 0 Å². The molecule has 10 heteroatoms. The van der Waals surface area contributed by atoms with E-state index >= 15 is 0 Å². The topological polar surface area (TPSA) is 116 Å². The third-order valence-electron chi connectivity index (χ3n) is 6.47. The van der Waals surface area contributed by atoms with Crippen LogP contribution in [0.2, 0.25) is 0 Å². The van der Waals surface area contributed by atoms with Crippen molar-refractivity contribution >= 4 is 11.2 Å². The number of benzene rings is 3. The van der Waals surface area contributed by atoms with Gasteiger partial charge in [0.1, 0.15) is 5.82 Å². The smallest absolute Gasteiger partial charge is 0.318 e. The summed E-state index contributed by atoms with van der Waals surface area (Å²) in [6, 6.07) is 24.9. The van der Waals surface area contributed by atoms with Gasteiger partial charge in [-0.1, -0.05) is 66.7 Å². The highest BCUT2D eigenvalue weighted by atomic mass is 16.2. The standard InChI is InChI=1S/C27H22N8O2/c1-17-28-25-23(26(36)35(27(37)33(25)2)20-8-4-3-5-9-20)34(17)16-18-12-14-19(15-13-18)21-10-6-7-11-22(21)24-29-31-32-30-24/h3-15H,16H2,1-2H3,(H,29,30,31,32). The molecule has 37 heavy (non-hydrogen) atoms. The molecule has 0 aliphatic rings. The number of tetrazole rings is 1. The molecule has 0 spiro atoms. The number of aromatic amines is 1. The Bertz CT molecular complexity index is 1850. The molecule has 0 aliphatic carbocycles. The van der Waals surface area contributed by atoms with E-state index in [1.807, 2.05) is 66.1 Å². The van der Waals surface area contributed by atoms with E-state index < -0.39 is 11.2 Å². The number of aryl methyl sites for hydroxylation is 2. The van der Waals surface area contributed by atoms with Crippen molar-refractivity contribution in [1.29, 1.82) is 0 Å². The molecule has 0 radical (unpaired) electrons. The predicted octanol–water partition coefficient (Wildman–Crippen LogP) is 3.09. The Labute approximate surface area is 210 Å². The van der Waals surface area contributed by atoms with Gasteiger partial charge in [0.15, 0.2) is 11.2 Å². The first kappa shape index (κ1) is 22.4. The van der Waals surface area contributed by atoms with Gasteiger partial charge in [-0.3, -0.25) is 9.36 Å². The number of imidazole rings is 1. The predicted molar refractivity (Wildman–Crippen MR) is 139 cm³/mol. The fourth-order valence-electron chi connectivity index (χ4n) is 4.60. The van der Waals surface area contributed by atoms with Crippen LogP contribution in [0, 0.1) is 6.92 Å². The second-order valence-corrected chi connectivity index (χ2v) is 8.71. The zero-order valence-corrected chi connectivity index (χ0v) is 20.2. The van der Waals surface area contributed by atoms with Crippen LogP contribution in [0.15, 0.2) is 88.5 Å². The largest absolute Gasteiger partial charge is 0.337 e. The van der Waals surface area contributed by atoms with Crippen molar-refractivity contribution in [2.75, 3.05) is 0 Å². The minimum absolute atomic E-state index is 0.366. The van der Waals surface area contributed by atoms with Crippen LogP contribution >= 0.6 is 0 Å². The molecule has 1 N–H and O–H groups in total. The van der Waals surface area contributed by atoms with E-state index in [1.165, 1.54) is 9.13 Å². The molecule has 0 aliphatic heterocycles. The normalized spacial score (nSPS) is 11.3. The first-order valence-corrected chi connectivity index (χ1v) is 11.7. The van der Waals surface area contributed by atoms with Gasteiger partial charge in [-0.25, -0.2) is 14.3 Å². The minimum Gasteiger partial charge on any atom is -0.318 e. The van der Waals surface area contributed by atoms with Gasteiger partial charge in [0.25, 0.3) is 5.56 Å². The van der Waals surface area contributed by atoms with Crippen LogP contribution in [0.4, 0.5) is 0 Å². The first-order valence-electron chi connectivity index (χ1n) is 11.7. The Morgan fingerprint density at radius 2 is 1.57 bits per heavy atom. The lowest BCUT2D eigenvalue weighted by molar-refractivity contribution is 0.752. The van der Waals surface area contributed by atoms with Crippen LogP contribution < -0.4 is 11.2 Å². The van der Waals surface area contributed by atoms with E-state index in [1.54, 1.807) is 31.3 Å². The summed E-state index contributed by atoms with van der Waals surface area (Å²) in [5, 5.41) is 14.4. The number of fused-ring (bicyclic) bond motifs is 1. The highest BCUT2D eigenvalue weighted by molar-refractivity contribution is 5.80. The summed E-state index contributed by atoms with van der Waals surface area (Å²) in [6.45, 7) is 2.27. The number of H-pyrrole nitrogens is 1. The van der Waals surface area contributed by atoms with Crippen molar-refractivity contribution in [3.63, 3.8) is 0 Å². The maximum absolute atomic E-state index is 13.6. The van der Waals surface area contributed by atoms with E-state index in [0.29, 0.717) is 35.0 Å². The quantitative estimate of drug-likeness (QED) is 0.397. The lowest BCUT2D eigenvalue weighted by Gasteiger charge is -2.11. The second-order valence-electron chi connectivity index (χ2n) is 8.71. The van der Waals surface area contributed by atoms with Crippen molar-refractivity contribution in [1.82, 2.24) is 39.3 Å². The molecule has 0 unspecified atom stereocenters. The number of nitrogens with one attached hydrogen (secondary N) is 1. The van der Waals surface area contributed by atoms with E-state index in [0.717, 1.165) is 22.3 Å². The summed E-state index contributed by atoms with van der Waals surface area (Å²) in [4.78, 5) is 31.2. The number of rotatable bonds is 5. The zero-order chi connectivity index (χ0) is 25.5. The Balaban J connectivity index is 1.42. The fourth-order valence-corrected chi connectivity index (χ4v) is 4.60. The molecule has 3 aromatic heterocycles. The van der Waals surface area contributed by atoms with Crippen molar-refractivity contribution < 1.29 is 0 Å². The summed E-state index contributed by atoms with van der Waals surface area (Å²) in [5.41, 5.74) is 4.30. The van der Waals surface area contributed by atoms with Crippen LogP contribution in [0.1, 0.15) is 11.4 Å². The van der Waals surface area contributed by atoms with Gasteiger partial charge in [-0.05, 0) is 41.0 Å². The molecule has 0 bridgehead atoms. The lowest BCUT2D eigenvalue weighted by atomic mass is 9.98. The van der Waals surface area contributed by atoms with Gasteiger partial charge in [-0.2, -0.15) is 5.21 Å². The molecule has 0 atom stereocenters. The van der Waals surface area contributed by atoms with Gasteiger partial charge in [0.2, 0.25) is 5.82 Å². The van der Waals surface area contributed by atoms with Gasteiger partial charge in [0.05, 0.1) is 5.69 Å². The Morgan fingerprint density at radius 1 is 0.865 bits per heavy atom. The summed E-state index contributed by atoms with van der Waals surface area (Å²) in [5.74, 6) is 1.18. The van der Waals surface area contributed by atoms with Crippen LogP contribution in [-0.4, -0.2) is 39.3 Å². The van der Waals surface area contributed by atoms with Crippen LogP contribution in [0.5, 0.6) is 0 Å². The molecule has 0 saturated carbocycles. The lowest BCUT2D eigenvalue weighted by Crippen LogP contribution is -2.38. The van der Waals surface area contributed by atoms with Crippen molar-refractivity contribution in [2.45, 2.75) is 13.5 Å². The average molecular weight is 491 g/mol. The monoisotopic (exact) mass is 490 g/mol. The Morgan fingerprint density at radius 3 is 2.27 bits per heavy atom. The molecule has 0 saturated heterocycles. The zero-order valence-electron chi connectivity index (χ0n) is 20.2. The van der Waals surface area contributed by atoms with Crippen molar-refractivity contribution in [3.8, 4) is 28.2 Å². The van der Waals surface area contributed by atoms with Gasteiger partial charge in [0, 0.05) is 19.2 Å². The second kappa shape index (κ2) is 8.83. The van der Waals surface area contributed by atoms with Crippen LogP contribution in [-0.2, 0) is 13.6 Å². The molecule has 0 fully saturated rings. The van der Waals surface area contributed by atoms with E-state index in [9.17, 15) is 9.59 Å². The fraction of sp³-hybridized carbons (Fsp3) is 0.111. The maximum atomic E-state index is 13.6. The van der Waals surface area contributed by atoms with Gasteiger partial charge in [-0.15, -0.1) is 10.2 Å². The molecular formula is C27H22N8O2. The van der Waals surface area contributed by atoms with E-state index in [4.69, 9.17) is 0 Å². The van der Waals surface area contributed by atoms with Gasteiger partial charge >= 0.3 is 5.69 Å². The Kier molecular flexibility index (Phi) is 5.33. The molecule has 3 heterocycles. The maximum Gasteiger partial charge on any atom is 0.337 e. The number of nitrogens with zero attached hydrogens (tertiary/aromatic N) is 7. The number of hydrogen-bond acceptors (Lipinski definition) is 6. The number of hydrogen-bond donors (Lipinski definition) is 1. The van der Waals surface area contributed by atoms with E-state index in [2.05, 4.69) is 25.6 Å². The summed E-state index contributed by atoms with van der Waals surface area (Å²) in [6.07, 6.45) is 0. The first-order chi connectivity index (χ1) is 18.0. The summed E-state index contributed by atoms with van der Waals surface area (Å²) in [7, 11) is 1.64. The SMILES string of the molecule is Cc1nc2c(c(=O)n(-c3ccccc3)c(=O)n2C)n1Cc1ccc(-c2ccccc2-c2nn[nH]n2)cc1. The molecule has 3 aromatic carbocycles. The van der Waals surface area contributed by atoms with Crippen molar-refractivity contribution in [2.24, 2.45) is 7.05 Å². The third-order valence-corrected chi connectivity index (χ3v) is 6.47. The molecule has 6 rings (SSSR count). The summed E-state index contributed by atoms with van der Waals surface area (Å²) < 4.78 is 4.47. The molecule has 0 amide bonds. The number of para-hydroxylation sites is 1. The molecule has 10 nitrogen and oxygen atoms in total. The summed E-state index contributed by atoms with van der Waals surface area (Å²) >= 11 is 0. The minimum atomic E-state index is -0.432. The third kappa shape index (κ3) is 3.75. The molecule has 6 aromatic rings. The molecule has 182 valence electrons.